The van der Waals surface area contributed by atoms with Gasteiger partial charge in [0.1, 0.15) is 6.54 Å². The lowest BCUT2D eigenvalue weighted by Gasteiger charge is -2.10. The number of hydrogen-bond donors (Lipinski definition) is 0. The van der Waals surface area contributed by atoms with E-state index in [0.29, 0.717) is 17.8 Å². The van der Waals surface area contributed by atoms with E-state index in [1.54, 1.807) is 30.1 Å². The van der Waals surface area contributed by atoms with Gasteiger partial charge in [0.25, 0.3) is 0 Å². The van der Waals surface area contributed by atoms with E-state index in [1.807, 2.05) is 24.3 Å². The zero-order valence-corrected chi connectivity index (χ0v) is 15.5. The lowest BCUT2D eigenvalue weighted by Crippen LogP contribution is -2.20. The van der Waals surface area contributed by atoms with Crippen LogP contribution in [0.4, 0.5) is 5.69 Å². The molecule has 4 rings (SSSR count). The molecule has 0 fully saturated rings. The number of rotatable bonds is 4. The van der Waals surface area contributed by atoms with Gasteiger partial charge in [0.05, 0.1) is 6.42 Å². The van der Waals surface area contributed by atoms with Crippen molar-refractivity contribution in [3.8, 4) is 11.4 Å². The highest BCUT2D eigenvalue weighted by Gasteiger charge is 2.25. The average molecular weight is 412 g/mol. The van der Waals surface area contributed by atoms with Crippen LogP contribution in [-0.2, 0) is 17.8 Å². The molecule has 0 bridgehead atoms. The van der Waals surface area contributed by atoms with E-state index >= 15 is 0 Å². The minimum Gasteiger partial charge on any atom is -0.315 e. The van der Waals surface area contributed by atoms with Crippen molar-refractivity contribution < 1.29 is 9.59 Å². The average Bonchev–Trinajstić information content (AvgIpc) is 3.20. The van der Waals surface area contributed by atoms with Gasteiger partial charge in [-0.3, -0.25) is 9.59 Å². The molecule has 8 heteroatoms. The second-order valence-corrected chi connectivity index (χ2v) is 6.96. The number of aromatic nitrogens is 4. The molecule has 0 N–H and O–H groups in total. The van der Waals surface area contributed by atoms with E-state index in [9.17, 15) is 9.59 Å². The summed E-state index contributed by atoms with van der Waals surface area (Å²) in [5.74, 6) is 0.364. The number of benzene rings is 2. The molecule has 1 aliphatic heterocycles. The van der Waals surface area contributed by atoms with Gasteiger partial charge in [-0.25, -0.2) is 0 Å². The highest BCUT2D eigenvalue weighted by Crippen LogP contribution is 2.28. The summed E-state index contributed by atoms with van der Waals surface area (Å²) in [6.07, 6.45) is 0.322. The van der Waals surface area contributed by atoms with Crippen LogP contribution in [0.1, 0.15) is 15.9 Å². The standard InChI is InChI=1S/C18H14BrN5O2/c1-23-15-7-4-12(8-13(15)9-17(23)26)16(25)10-24-21-18(20-22-24)11-2-5-14(19)6-3-11/h2-8H,9-10H2,1H3. The molecular weight excluding hydrogens is 398 g/mol. The lowest BCUT2D eigenvalue weighted by atomic mass is 10.1. The third-order valence-electron chi connectivity index (χ3n) is 4.32. The normalized spacial score (nSPS) is 13.2. The smallest absolute Gasteiger partial charge is 0.231 e. The summed E-state index contributed by atoms with van der Waals surface area (Å²) < 4.78 is 0.963. The van der Waals surface area contributed by atoms with Crippen molar-refractivity contribution in [1.29, 1.82) is 0 Å². The van der Waals surface area contributed by atoms with Crippen LogP contribution < -0.4 is 4.90 Å². The summed E-state index contributed by atoms with van der Waals surface area (Å²) in [5, 5.41) is 12.2. The number of tetrazole rings is 1. The second kappa shape index (κ2) is 6.45. The maximum Gasteiger partial charge on any atom is 0.231 e. The number of fused-ring (bicyclic) bond motifs is 1. The maximum absolute atomic E-state index is 12.5. The number of ketones is 1. The molecule has 26 heavy (non-hydrogen) atoms. The summed E-state index contributed by atoms with van der Waals surface area (Å²) in [4.78, 5) is 27.2. The fraction of sp³-hybridized carbons (Fsp3) is 0.167. The molecule has 130 valence electrons. The topological polar surface area (TPSA) is 81.0 Å². The molecule has 3 aromatic rings. The largest absolute Gasteiger partial charge is 0.315 e. The van der Waals surface area contributed by atoms with Gasteiger partial charge in [-0.05, 0) is 53.2 Å². The number of halogens is 1. The molecule has 0 spiro atoms. The Bertz CT molecular complexity index is 1010. The Labute approximate surface area is 157 Å². The lowest BCUT2D eigenvalue weighted by molar-refractivity contribution is -0.117. The van der Waals surface area contributed by atoms with Crippen LogP contribution in [0.2, 0.25) is 0 Å². The van der Waals surface area contributed by atoms with Crippen LogP contribution in [0.15, 0.2) is 46.9 Å². The zero-order valence-electron chi connectivity index (χ0n) is 13.9. The molecular formula is C18H14BrN5O2. The molecule has 0 unspecified atom stereocenters. The first kappa shape index (κ1) is 16.6. The first-order chi connectivity index (χ1) is 12.5. The first-order valence-corrected chi connectivity index (χ1v) is 8.77. The summed E-state index contributed by atoms with van der Waals surface area (Å²) in [5.41, 5.74) is 3.08. The van der Waals surface area contributed by atoms with Gasteiger partial charge >= 0.3 is 0 Å². The van der Waals surface area contributed by atoms with Crippen molar-refractivity contribution >= 4 is 33.3 Å². The number of carbonyl (C=O) groups is 2. The van der Waals surface area contributed by atoms with Gasteiger partial charge in [-0.15, -0.1) is 10.2 Å². The number of likely N-dealkylation sites (N-methyl/N-ethyl adjacent to an activating group) is 1. The molecule has 1 aromatic heterocycles. The Morgan fingerprint density at radius 1 is 1.19 bits per heavy atom. The molecule has 1 amide bonds. The van der Waals surface area contributed by atoms with Crippen molar-refractivity contribution in [2.45, 2.75) is 13.0 Å². The number of anilines is 1. The van der Waals surface area contributed by atoms with Gasteiger partial charge in [0.2, 0.25) is 11.7 Å². The van der Waals surface area contributed by atoms with Crippen LogP contribution >= 0.6 is 15.9 Å². The Morgan fingerprint density at radius 2 is 1.96 bits per heavy atom. The van der Waals surface area contributed by atoms with E-state index in [4.69, 9.17) is 0 Å². The minimum atomic E-state index is -0.130. The summed E-state index contributed by atoms with van der Waals surface area (Å²) in [6, 6.07) is 12.8. The number of carbonyl (C=O) groups excluding carboxylic acids is 2. The predicted molar refractivity (Wildman–Crippen MR) is 98.8 cm³/mol. The quantitative estimate of drug-likeness (QED) is 0.616. The first-order valence-electron chi connectivity index (χ1n) is 7.98. The van der Waals surface area contributed by atoms with E-state index < -0.39 is 0 Å². The molecule has 7 nitrogen and oxygen atoms in total. The Kier molecular flexibility index (Phi) is 4.12. The van der Waals surface area contributed by atoms with E-state index in [1.165, 1.54) is 4.80 Å². The number of hydrogen-bond acceptors (Lipinski definition) is 5. The van der Waals surface area contributed by atoms with Crippen molar-refractivity contribution in [1.82, 2.24) is 20.2 Å². The van der Waals surface area contributed by atoms with Crippen LogP contribution in [0.5, 0.6) is 0 Å². The van der Waals surface area contributed by atoms with Gasteiger partial charge in [-0.2, -0.15) is 4.80 Å². The zero-order chi connectivity index (χ0) is 18.3. The van der Waals surface area contributed by atoms with Gasteiger partial charge < -0.3 is 4.90 Å². The molecule has 0 radical (unpaired) electrons. The van der Waals surface area contributed by atoms with Crippen molar-refractivity contribution in [3.63, 3.8) is 0 Å². The third kappa shape index (κ3) is 3.03. The summed E-state index contributed by atoms with van der Waals surface area (Å²) in [7, 11) is 1.73. The van der Waals surface area contributed by atoms with Crippen LogP contribution in [0.25, 0.3) is 11.4 Å². The predicted octanol–water partition coefficient (Wildman–Crippen LogP) is 2.50. The van der Waals surface area contributed by atoms with Crippen molar-refractivity contribution in [3.05, 3.63) is 58.1 Å². The molecule has 0 saturated heterocycles. The van der Waals surface area contributed by atoms with Crippen LogP contribution in [0, 0.1) is 0 Å². The molecule has 0 atom stereocenters. The van der Waals surface area contributed by atoms with Gasteiger partial charge in [-0.1, -0.05) is 15.9 Å². The Morgan fingerprint density at radius 3 is 2.73 bits per heavy atom. The molecule has 1 aliphatic rings. The van der Waals surface area contributed by atoms with Crippen molar-refractivity contribution in [2.75, 3.05) is 11.9 Å². The Balaban J connectivity index is 1.52. The maximum atomic E-state index is 12.5. The number of Topliss-reactive ketones (excluding diaryl/α,β-unsaturated/α-hetero) is 1. The van der Waals surface area contributed by atoms with E-state index in [2.05, 4.69) is 31.3 Å². The number of amides is 1. The van der Waals surface area contributed by atoms with Crippen LogP contribution in [0.3, 0.4) is 0 Å². The molecule has 2 aromatic carbocycles. The van der Waals surface area contributed by atoms with Crippen LogP contribution in [-0.4, -0.2) is 38.9 Å². The highest BCUT2D eigenvalue weighted by atomic mass is 79.9. The van der Waals surface area contributed by atoms with E-state index in [-0.39, 0.29) is 18.2 Å². The minimum absolute atomic E-state index is 0.00784. The highest BCUT2D eigenvalue weighted by molar-refractivity contribution is 9.10. The molecule has 0 aliphatic carbocycles. The van der Waals surface area contributed by atoms with Gasteiger partial charge in [0, 0.05) is 28.3 Å². The van der Waals surface area contributed by atoms with Crippen molar-refractivity contribution in [2.24, 2.45) is 0 Å². The summed E-state index contributed by atoms with van der Waals surface area (Å²) >= 11 is 3.38. The van der Waals surface area contributed by atoms with E-state index in [0.717, 1.165) is 21.3 Å². The fourth-order valence-electron chi connectivity index (χ4n) is 2.89. The second-order valence-electron chi connectivity index (χ2n) is 6.05. The monoisotopic (exact) mass is 411 g/mol. The summed E-state index contributed by atoms with van der Waals surface area (Å²) in [6.45, 7) is -0.00784. The third-order valence-corrected chi connectivity index (χ3v) is 4.85. The van der Waals surface area contributed by atoms with Gasteiger partial charge in [0.15, 0.2) is 5.78 Å². The molecule has 0 saturated carbocycles. The SMILES string of the molecule is CN1C(=O)Cc2cc(C(=O)Cn3nnc(-c4ccc(Br)cc4)n3)ccc21. The Hall–Kier alpha value is -2.87. The molecule has 2 heterocycles. The number of nitrogens with zero attached hydrogens (tertiary/aromatic N) is 5. The fourth-order valence-corrected chi connectivity index (χ4v) is 3.15.